The van der Waals surface area contributed by atoms with Gasteiger partial charge in [-0.05, 0) is 24.6 Å². The fourth-order valence-corrected chi connectivity index (χ4v) is 1.48. The van der Waals surface area contributed by atoms with E-state index in [1.807, 2.05) is 0 Å². The Balaban J connectivity index is 2.87. The highest BCUT2D eigenvalue weighted by Gasteiger charge is 2.24. The minimum atomic E-state index is -0.954. The van der Waals surface area contributed by atoms with E-state index in [1.165, 1.54) is 14.0 Å². The first-order valence-electron chi connectivity index (χ1n) is 4.53. The van der Waals surface area contributed by atoms with Crippen LogP contribution < -0.4 is 0 Å². The Morgan fingerprint density at radius 3 is 2.33 bits per heavy atom. The molecule has 0 aliphatic carbocycles. The second-order valence-corrected chi connectivity index (χ2v) is 3.70. The number of carbonyl (C=O) groups excluding carboxylic acids is 1. The number of carbonyl (C=O) groups is 1. The number of hydrogen-bond donors (Lipinski definition) is 1. The molecule has 2 atom stereocenters. The third-order valence-electron chi connectivity index (χ3n) is 2.15. The molecule has 0 spiro atoms. The number of methoxy groups -OCH3 is 1. The van der Waals surface area contributed by atoms with Crippen LogP contribution in [0.4, 0.5) is 0 Å². The number of ketones is 1. The molecule has 0 amide bonds. The topological polar surface area (TPSA) is 46.5 Å². The predicted molar refractivity (Wildman–Crippen MR) is 57.9 cm³/mol. The Bertz CT molecular complexity index is 334. The molecule has 15 heavy (non-hydrogen) atoms. The van der Waals surface area contributed by atoms with Gasteiger partial charge in [-0.15, -0.1) is 0 Å². The standard InChI is InChI=1S/C11H13ClO3/c1-7(13)11(15-2)10(14)8-3-5-9(12)6-4-8/h3-6,10-11,14H,1-2H3/t10-,11+/m0/s1. The number of aliphatic hydroxyl groups excluding tert-OH is 1. The Morgan fingerprint density at radius 1 is 1.40 bits per heavy atom. The summed E-state index contributed by atoms with van der Waals surface area (Å²) in [7, 11) is 1.39. The zero-order chi connectivity index (χ0) is 11.4. The maximum atomic E-state index is 11.1. The maximum Gasteiger partial charge on any atom is 0.161 e. The summed E-state index contributed by atoms with van der Waals surface area (Å²) >= 11 is 5.71. The molecule has 4 heteroatoms. The summed E-state index contributed by atoms with van der Waals surface area (Å²) in [5.41, 5.74) is 0.612. The van der Waals surface area contributed by atoms with Crippen LogP contribution >= 0.6 is 11.6 Å². The number of benzene rings is 1. The molecule has 0 aromatic heterocycles. The van der Waals surface area contributed by atoms with Crippen molar-refractivity contribution in [2.45, 2.75) is 19.1 Å². The van der Waals surface area contributed by atoms with E-state index in [-0.39, 0.29) is 5.78 Å². The van der Waals surface area contributed by atoms with Crippen molar-refractivity contribution in [3.8, 4) is 0 Å². The van der Waals surface area contributed by atoms with Crippen LogP contribution in [0.3, 0.4) is 0 Å². The molecule has 0 bridgehead atoms. The predicted octanol–water partition coefficient (Wildman–Crippen LogP) is 1.98. The van der Waals surface area contributed by atoms with E-state index < -0.39 is 12.2 Å². The fraction of sp³-hybridized carbons (Fsp3) is 0.364. The van der Waals surface area contributed by atoms with E-state index >= 15 is 0 Å². The highest BCUT2D eigenvalue weighted by atomic mass is 35.5. The second-order valence-electron chi connectivity index (χ2n) is 3.26. The van der Waals surface area contributed by atoms with E-state index in [4.69, 9.17) is 16.3 Å². The van der Waals surface area contributed by atoms with Crippen LogP contribution in [0.1, 0.15) is 18.6 Å². The van der Waals surface area contributed by atoms with E-state index in [9.17, 15) is 9.90 Å². The molecule has 0 saturated heterocycles. The Labute approximate surface area is 93.6 Å². The van der Waals surface area contributed by atoms with Gasteiger partial charge in [0.15, 0.2) is 5.78 Å². The quantitative estimate of drug-likeness (QED) is 0.857. The lowest BCUT2D eigenvalue weighted by Gasteiger charge is -2.19. The third kappa shape index (κ3) is 3.02. The summed E-state index contributed by atoms with van der Waals surface area (Å²) in [5, 5.41) is 10.4. The number of ether oxygens (including phenoxy) is 1. The van der Waals surface area contributed by atoms with Crippen molar-refractivity contribution >= 4 is 17.4 Å². The van der Waals surface area contributed by atoms with Gasteiger partial charge in [0.1, 0.15) is 12.2 Å². The fourth-order valence-electron chi connectivity index (χ4n) is 1.35. The van der Waals surface area contributed by atoms with Gasteiger partial charge in [0.05, 0.1) is 0 Å². The van der Waals surface area contributed by atoms with Crippen LogP contribution in [-0.2, 0) is 9.53 Å². The number of aliphatic hydroxyl groups is 1. The van der Waals surface area contributed by atoms with Gasteiger partial charge in [-0.25, -0.2) is 0 Å². The summed E-state index contributed by atoms with van der Waals surface area (Å²) in [6, 6.07) is 6.66. The first-order chi connectivity index (χ1) is 7.06. The van der Waals surface area contributed by atoms with E-state index in [0.29, 0.717) is 10.6 Å². The monoisotopic (exact) mass is 228 g/mol. The molecule has 0 unspecified atom stereocenters. The van der Waals surface area contributed by atoms with Gasteiger partial charge in [0.2, 0.25) is 0 Å². The largest absolute Gasteiger partial charge is 0.385 e. The first kappa shape index (κ1) is 12.2. The lowest BCUT2D eigenvalue weighted by Crippen LogP contribution is -2.28. The summed E-state index contributed by atoms with van der Waals surface area (Å²) in [4.78, 5) is 11.1. The molecule has 82 valence electrons. The summed E-state index contributed by atoms with van der Waals surface area (Å²) in [6.07, 6.45) is -1.78. The average Bonchev–Trinajstić information content (AvgIpc) is 2.19. The van der Waals surface area contributed by atoms with Crippen molar-refractivity contribution in [2.24, 2.45) is 0 Å². The number of hydrogen-bond acceptors (Lipinski definition) is 3. The minimum Gasteiger partial charge on any atom is -0.385 e. The SMILES string of the molecule is CO[C@H](C(C)=O)[C@@H](O)c1ccc(Cl)cc1. The molecule has 0 aliphatic heterocycles. The molecule has 1 aromatic rings. The van der Waals surface area contributed by atoms with E-state index in [1.54, 1.807) is 24.3 Å². The van der Waals surface area contributed by atoms with Crippen molar-refractivity contribution in [2.75, 3.05) is 7.11 Å². The van der Waals surface area contributed by atoms with Crippen molar-refractivity contribution in [3.63, 3.8) is 0 Å². The highest BCUT2D eigenvalue weighted by molar-refractivity contribution is 6.30. The number of halogens is 1. The van der Waals surface area contributed by atoms with Crippen LogP contribution in [0.2, 0.25) is 5.02 Å². The van der Waals surface area contributed by atoms with Gasteiger partial charge in [-0.1, -0.05) is 23.7 Å². The van der Waals surface area contributed by atoms with Crippen LogP contribution in [0, 0.1) is 0 Å². The normalized spacial score (nSPS) is 14.7. The van der Waals surface area contributed by atoms with E-state index in [0.717, 1.165) is 0 Å². The van der Waals surface area contributed by atoms with Gasteiger partial charge in [-0.3, -0.25) is 4.79 Å². The second kappa shape index (κ2) is 5.26. The molecule has 3 nitrogen and oxygen atoms in total. The van der Waals surface area contributed by atoms with Crippen LogP contribution in [0.25, 0.3) is 0 Å². The van der Waals surface area contributed by atoms with Crippen LogP contribution in [0.15, 0.2) is 24.3 Å². The molecule has 0 radical (unpaired) electrons. The summed E-state index contributed by atoms with van der Waals surface area (Å²) < 4.78 is 4.93. The lowest BCUT2D eigenvalue weighted by atomic mass is 10.0. The Hall–Kier alpha value is -0.900. The first-order valence-corrected chi connectivity index (χ1v) is 4.91. The maximum absolute atomic E-state index is 11.1. The van der Waals surface area contributed by atoms with E-state index in [2.05, 4.69) is 0 Å². The molecule has 0 saturated carbocycles. The van der Waals surface area contributed by atoms with Gasteiger partial charge < -0.3 is 9.84 Å². The van der Waals surface area contributed by atoms with Crippen molar-refractivity contribution in [1.82, 2.24) is 0 Å². The minimum absolute atomic E-state index is 0.208. The molecule has 0 fully saturated rings. The number of rotatable bonds is 4. The molecule has 0 heterocycles. The van der Waals surface area contributed by atoms with Crippen LogP contribution in [-0.4, -0.2) is 24.1 Å². The van der Waals surface area contributed by atoms with Crippen molar-refractivity contribution < 1.29 is 14.6 Å². The Morgan fingerprint density at radius 2 is 1.93 bits per heavy atom. The van der Waals surface area contributed by atoms with Gasteiger partial charge in [0.25, 0.3) is 0 Å². The zero-order valence-corrected chi connectivity index (χ0v) is 9.36. The molecule has 1 N–H and O–H groups in total. The van der Waals surface area contributed by atoms with Crippen molar-refractivity contribution in [3.05, 3.63) is 34.9 Å². The molecular weight excluding hydrogens is 216 g/mol. The molecule has 1 rings (SSSR count). The van der Waals surface area contributed by atoms with Gasteiger partial charge in [0, 0.05) is 12.1 Å². The molecule has 0 aliphatic rings. The Kier molecular flexibility index (Phi) is 4.27. The third-order valence-corrected chi connectivity index (χ3v) is 2.40. The van der Waals surface area contributed by atoms with Gasteiger partial charge in [-0.2, -0.15) is 0 Å². The highest BCUT2D eigenvalue weighted by Crippen LogP contribution is 2.21. The average molecular weight is 229 g/mol. The summed E-state index contributed by atoms with van der Waals surface area (Å²) in [6.45, 7) is 1.38. The zero-order valence-electron chi connectivity index (χ0n) is 8.61. The number of Topliss-reactive ketones (excluding diaryl/α,β-unsaturated/α-hetero) is 1. The van der Waals surface area contributed by atoms with Gasteiger partial charge >= 0.3 is 0 Å². The van der Waals surface area contributed by atoms with Crippen molar-refractivity contribution in [1.29, 1.82) is 0 Å². The molecule has 1 aromatic carbocycles. The summed E-state index contributed by atoms with van der Waals surface area (Å²) in [5.74, 6) is -0.208. The molecular formula is C11H13ClO3. The van der Waals surface area contributed by atoms with Crippen LogP contribution in [0.5, 0.6) is 0 Å². The lowest BCUT2D eigenvalue weighted by molar-refractivity contribution is -0.133. The smallest absolute Gasteiger partial charge is 0.161 e.